The van der Waals surface area contributed by atoms with Crippen LogP contribution in [0.15, 0.2) is 0 Å². The minimum atomic E-state index is -0.698. The monoisotopic (exact) mass is 1180 g/mol. The van der Waals surface area contributed by atoms with E-state index in [0.717, 1.165) is 77.0 Å². The number of carbonyl (C=O) groups is 4. The molecule has 0 amide bonds. The van der Waals surface area contributed by atoms with Crippen LogP contribution < -0.4 is 0 Å². The van der Waals surface area contributed by atoms with Crippen molar-refractivity contribution >= 4 is 23.9 Å². The Kier molecular flexibility index (Phi) is 58.4. The van der Waals surface area contributed by atoms with Gasteiger partial charge in [0.2, 0.25) is 0 Å². The second-order valence-electron chi connectivity index (χ2n) is 26.0. The van der Waals surface area contributed by atoms with E-state index < -0.39 is 23.4 Å². The van der Waals surface area contributed by atoms with E-state index in [1.807, 2.05) is 27.7 Å². The Bertz CT molecular complexity index is 1430. The highest BCUT2D eigenvalue weighted by Gasteiger charge is 2.27. The lowest BCUT2D eigenvalue weighted by Gasteiger charge is -2.31. The van der Waals surface area contributed by atoms with Crippen molar-refractivity contribution in [3.05, 3.63) is 0 Å². The smallest absolute Gasteiger partial charge is 0.306 e. The summed E-state index contributed by atoms with van der Waals surface area (Å²) in [6, 6.07) is 0. The molecule has 0 aromatic carbocycles. The Hall–Kier alpha value is -2.24. The van der Waals surface area contributed by atoms with Gasteiger partial charge < -0.3 is 33.2 Å². The Morgan fingerprint density at radius 2 is 0.518 bits per heavy atom. The van der Waals surface area contributed by atoms with Crippen LogP contribution >= 0.6 is 0 Å². The first kappa shape index (κ1) is 80.8. The lowest BCUT2D eigenvalue weighted by molar-refractivity contribution is -0.168. The summed E-state index contributed by atoms with van der Waals surface area (Å²) in [6.07, 6.45) is 54.6. The van der Waals surface area contributed by atoms with Gasteiger partial charge in [-0.25, -0.2) is 0 Å². The quantitative estimate of drug-likeness (QED) is 0.0327. The highest BCUT2D eigenvalue weighted by atomic mass is 16.6. The van der Waals surface area contributed by atoms with Gasteiger partial charge in [-0.15, -0.1) is 0 Å². The molecule has 0 aliphatic rings. The van der Waals surface area contributed by atoms with Gasteiger partial charge in [-0.1, -0.05) is 285 Å². The molecule has 0 spiro atoms. The molecule has 2 unspecified atom stereocenters. The zero-order chi connectivity index (χ0) is 61.0. The summed E-state index contributed by atoms with van der Waals surface area (Å²) in [5.41, 5.74) is -1.13. The van der Waals surface area contributed by atoms with Gasteiger partial charge in [0.25, 0.3) is 0 Å². The van der Waals surface area contributed by atoms with E-state index in [1.54, 1.807) is 0 Å². The van der Waals surface area contributed by atoms with Gasteiger partial charge in [-0.3, -0.25) is 19.2 Å². The molecule has 492 valence electrons. The molecule has 0 aliphatic heterocycles. The molecule has 0 N–H and O–H groups in total. The van der Waals surface area contributed by atoms with Crippen LogP contribution in [0.1, 0.15) is 376 Å². The zero-order valence-corrected chi connectivity index (χ0v) is 56.2. The number of rotatable bonds is 66. The lowest BCUT2D eigenvalue weighted by atomic mass is 10.0. The van der Waals surface area contributed by atoms with E-state index in [1.165, 1.54) is 205 Å². The molecule has 0 saturated heterocycles. The molecule has 0 bridgehead atoms. The summed E-state index contributed by atoms with van der Waals surface area (Å²) in [7, 11) is 0. The van der Waals surface area contributed by atoms with Gasteiger partial charge in [-0.05, 0) is 66.2 Å². The van der Waals surface area contributed by atoms with Crippen molar-refractivity contribution < 1.29 is 52.3 Å². The summed E-state index contributed by atoms with van der Waals surface area (Å²) in [6.45, 7) is 18.1. The van der Waals surface area contributed by atoms with E-state index in [4.69, 9.17) is 33.2 Å². The zero-order valence-electron chi connectivity index (χ0n) is 56.2. The molecule has 0 saturated carbocycles. The molecule has 0 aromatic rings. The van der Waals surface area contributed by atoms with Crippen molar-refractivity contribution in [3.63, 3.8) is 0 Å². The predicted molar refractivity (Wildman–Crippen MR) is 346 cm³/mol. The third-order valence-corrected chi connectivity index (χ3v) is 16.4. The second-order valence-corrected chi connectivity index (χ2v) is 26.0. The standard InChI is InChI=1S/C72H138O11/c1-9-13-17-21-25-29-33-37-41-45-49-53-67(73)78-62-65(82-69(75)55-51-47-43-39-35-31-27-23-19-15-11-3)61-77-59-57-71(5,6)80-60-58-72(7,8)81-64-66(83-70(76)56-52-48-44-40-36-32-28-24-20-16-12-4)63-79-68(74)54-50-46-42-38-34-30-26-22-18-14-10-2/h65-66H,9-64H2,1-8H3. The van der Waals surface area contributed by atoms with E-state index in [-0.39, 0.29) is 50.3 Å². The third-order valence-electron chi connectivity index (χ3n) is 16.4. The average molecular weight is 1180 g/mol. The number of hydrogen-bond acceptors (Lipinski definition) is 11. The molecule has 0 fully saturated rings. The molecular formula is C72H138O11. The van der Waals surface area contributed by atoms with E-state index in [2.05, 4.69) is 27.7 Å². The van der Waals surface area contributed by atoms with Crippen LogP contribution in [0.3, 0.4) is 0 Å². The maximum Gasteiger partial charge on any atom is 0.306 e. The summed E-state index contributed by atoms with van der Waals surface area (Å²) < 4.78 is 42.1. The molecular weight excluding hydrogens is 1040 g/mol. The molecule has 0 rings (SSSR count). The fraction of sp³-hybridized carbons (Fsp3) is 0.944. The topological polar surface area (TPSA) is 133 Å². The van der Waals surface area contributed by atoms with Crippen LogP contribution in [0.4, 0.5) is 0 Å². The molecule has 83 heavy (non-hydrogen) atoms. The van der Waals surface area contributed by atoms with E-state index in [0.29, 0.717) is 51.7 Å². The second kappa shape index (κ2) is 60.1. The Morgan fingerprint density at radius 3 is 0.819 bits per heavy atom. The summed E-state index contributed by atoms with van der Waals surface area (Å²) in [4.78, 5) is 51.8. The fourth-order valence-corrected chi connectivity index (χ4v) is 10.5. The van der Waals surface area contributed by atoms with Gasteiger partial charge in [0.1, 0.15) is 13.2 Å². The molecule has 0 radical (unpaired) electrons. The van der Waals surface area contributed by atoms with Crippen LogP contribution in [0.25, 0.3) is 0 Å². The maximum atomic E-state index is 13.1. The van der Waals surface area contributed by atoms with Crippen LogP contribution in [-0.2, 0) is 52.3 Å². The Balaban J connectivity index is 5.13. The van der Waals surface area contributed by atoms with Gasteiger partial charge >= 0.3 is 23.9 Å². The fourth-order valence-electron chi connectivity index (χ4n) is 10.5. The first-order valence-electron chi connectivity index (χ1n) is 35.8. The van der Waals surface area contributed by atoms with Crippen molar-refractivity contribution in [2.24, 2.45) is 0 Å². The van der Waals surface area contributed by atoms with Crippen LogP contribution in [0, 0.1) is 0 Å². The summed E-state index contributed by atoms with van der Waals surface area (Å²) in [5, 5.41) is 0. The van der Waals surface area contributed by atoms with Crippen molar-refractivity contribution in [3.8, 4) is 0 Å². The SMILES string of the molecule is CCCCCCCCCCCCCC(=O)OCC(COCCC(C)(C)OCCC(C)(C)OCC(COC(=O)CCCCCCCCCCCCC)OC(=O)CCCCCCCCCCCCC)OC(=O)CCCCCCCCCCCCC. The van der Waals surface area contributed by atoms with Crippen LogP contribution in [-0.4, -0.2) is 86.9 Å². The lowest BCUT2D eigenvalue weighted by Crippen LogP contribution is -2.36. The molecule has 0 heterocycles. The predicted octanol–water partition coefficient (Wildman–Crippen LogP) is 21.1. The number of esters is 4. The Labute approximate surface area is 513 Å². The summed E-state index contributed by atoms with van der Waals surface area (Å²) >= 11 is 0. The first-order chi connectivity index (χ1) is 40.3. The molecule has 0 aliphatic carbocycles. The maximum absolute atomic E-state index is 13.1. The minimum absolute atomic E-state index is 0.0167. The molecule has 2 atom stereocenters. The number of unbranched alkanes of at least 4 members (excludes halogenated alkanes) is 40. The van der Waals surface area contributed by atoms with Gasteiger partial charge in [0.05, 0.1) is 31.0 Å². The Morgan fingerprint density at radius 1 is 0.277 bits per heavy atom. The average Bonchev–Trinajstić information content (AvgIpc) is 3.46. The summed E-state index contributed by atoms with van der Waals surface area (Å²) in [5.74, 6) is -1.06. The number of hydrogen-bond donors (Lipinski definition) is 0. The number of ether oxygens (including phenoxy) is 7. The highest BCUT2D eigenvalue weighted by molar-refractivity contribution is 5.71. The van der Waals surface area contributed by atoms with Crippen molar-refractivity contribution in [2.75, 3.05) is 39.6 Å². The normalized spacial score (nSPS) is 12.6. The number of carbonyl (C=O) groups excluding carboxylic acids is 4. The minimum Gasteiger partial charge on any atom is -0.462 e. The van der Waals surface area contributed by atoms with Crippen molar-refractivity contribution in [1.29, 1.82) is 0 Å². The van der Waals surface area contributed by atoms with Crippen molar-refractivity contribution in [1.82, 2.24) is 0 Å². The van der Waals surface area contributed by atoms with Crippen LogP contribution in [0.2, 0.25) is 0 Å². The van der Waals surface area contributed by atoms with Crippen LogP contribution in [0.5, 0.6) is 0 Å². The largest absolute Gasteiger partial charge is 0.462 e. The molecule has 11 nitrogen and oxygen atoms in total. The van der Waals surface area contributed by atoms with Gasteiger partial charge in [0, 0.05) is 32.3 Å². The highest BCUT2D eigenvalue weighted by Crippen LogP contribution is 2.22. The van der Waals surface area contributed by atoms with E-state index in [9.17, 15) is 19.2 Å². The first-order valence-corrected chi connectivity index (χ1v) is 35.8. The molecule has 0 aromatic heterocycles. The molecule has 11 heteroatoms. The van der Waals surface area contributed by atoms with Crippen molar-refractivity contribution in [2.45, 2.75) is 400 Å². The third kappa shape index (κ3) is 59.9. The van der Waals surface area contributed by atoms with Gasteiger partial charge in [0.15, 0.2) is 12.2 Å². The van der Waals surface area contributed by atoms with E-state index >= 15 is 0 Å². The van der Waals surface area contributed by atoms with Gasteiger partial charge in [-0.2, -0.15) is 0 Å².